The molecule has 0 spiro atoms. The van der Waals surface area contributed by atoms with Gasteiger partial charge in [0.1, 0.15) is 0 Å². The summed E-state index contributed by atoms with van der Waals surface area (Å²) in [4.78, 5) is 2.76. The second-order valence-electron chi connectivity index (χ2n) is 6.72. The van der Waals surface area contributed by atoms with Crippen LogP contribution in [0.1, 0.15) is 65.7 Å². The highest BCUT2D eigenvalue weighted by atomic mass is 15.2. The van der Waals surface area contributed by atoms with E-state index in [4.69, 9.17) is 0 Å². The van der Waals surface area contributed by atoms with Crippen molar-refractivity contribution in [2.75, 3.05) is 13.1 Å². The summed E-state index contributed by atoms with van der Waals surface area (Å²) in [5.41, 5.74) is 0. The van der Waals surface area contributed by atoms with Crippen molar-refractivity contribution in [3.8, 4) is 0 Å². The lowest BCUT2D eigenvalue weighted by molar-refractivity contribution is 0.0904. The molecule has 0 aromatic carbocycles. The molecule has 0 bridgehead atoms. The Morgan fingerprint density at radius 2 is 1.72 bits per heavy atom. The van der Waals surface area contributed by atoms with E-state index < -0.39 is 0 Å². The van der Waals surface area contributed by atoms with Crippen LogP contribution in [0, 0.1) is 5.92 Å². The molecular formula is C16H32N2. The van der Waals surface area contributed by atoms with Gasteiger partial charge in [-0.05, 0) is 58.9 Å². The van der Waals surface area contributed by atoms with Crippen LogP contribution in [-0.4, -0.2) is 36.1 Å². The van der Waals surface area contributed by atoms with Crippen molar-refractivity contribution >= 4 is 0 Å². The van der Waals surface area contributed by atoms with Crippen LogP contribution in [0.5, 0.6) is 0 Å². The van der Waals surface area contributed by atoms with Crippen LogP contribution in [0.4, 0.5) is 0 Å². The fraction of sp³-hybridized carbons (Fsp3) is 1.00. The molecule has 0 aromatic rings. The number of rotatable bonds is 5. The molecule has 2 nitrogen and oxygen atoms in total. The Kier molecular flexibility index (Phi) is 5.50. The van der Waals surface area contributed by atoms with Crippen molar-refractivity contribution < 1.29 is 0 Å². The van der Waals surface area contributed by atoms with Crippen molar-refractivity contribution in [3.63, 3.8) is 0 Å². The molecule has 1 saturated heterocycles. The maximum atomic E-state index is 3.66. The maximum Gasteiger partial charge on any atom is 0.0195 e. The molecule has 106 valence electrons. The molecule has 2 aliphatic rings. The molecule has 2 atom stereocenters. The summed E-state index contributed by atoms with van der Waals surface area (Å²) in [5, 5.41) is 3.66. The molecule has 1 saturated carbocycles. The SMILES string of the molecule is CC(C)N(CC1CCCN1)C(C)C1CCCCC1. The largest absolute Gasteiger partial charge is 0.313 e. The fourth-order valence-corrected chi connectivity index (χ4v) is 3.90. The van der Waals surface area contributed by atoms with E-state index in [0.717, 1.165) is 18.0 Å². The van der Waals surface area contributed by atoms with Crippen LogP contribution >= 0.6 is 0 Å². The van der Waals surface area contributed by atoms with Crippen LogP contribution in [0.3, 0.4) is 0 Å². The van der Waals surface area contributed by atoms with Gasteiger partial charge in [-0.2, -0.15) is 0 Å². The van der Waals surface area contributed by atoms with Gasteiger partial charge in [-0.3, -0.25) is 4.90 Å². The van der Waals surface area contributed by atoms with Crippen molar-refractivity contribution in [2.45, 2.75) is 83.8 Å². The number of nitrogens with zero attached hydrogens (tertiary/aromatic N) is 1. The van der Waals surface area contributed by atoms with Crippen molar-refractivity contribution in [2.24, 2.45) is 5.92 Å². The van der Waals surface area contributed by atoms with E-state index in [1.165, 1.54) is 58.0 Å². The third-order valence-electron chi connectivity index (χ3n) is 5.11. The zero-order chi connectivity index (χ0) is 13.0. The Bertz CT molecular complexity index is 227. The summed E-state index contributed by atoms with van der Waals surface area (Å²) in [6, 6.07) is 2.20. The van der Waals surface area contributed by atoms with E-state index in [1.807, 2.05) is 0 Å². The number of hydrogen-bond acceptors (Lipinski definition) is 2. The van der Waals surface area contributed by atoms with Crippen LogP contribution < -0.4 is 5.32 Å². The minimum Gasteiger partial charge on any atom is -0.313 e. The lowest BCUT2D eigenvalue weighted by Crippen LogP contribution is -2.48. The summed E-state index contributed by atoms with van der Waals surface area (Å²) in [5.74, 6) is 0.947. The van der Waals surface area contributed by atoms with Gasteiger partial charge < -0.3 is 5.32 Å². The minimum absolute atomic E-state index is 0.685. The fourth-order valence-electron chi connectivity index (χ4n) is 3.90. The Hall–Kier alpha value is -0.0800. The van der Waals surface area contributed by atoms with E-state index in [-0.39, 0.29) is 0 Å². The highest BCUT2D eigenvalue weighted by molar-refractivity contribution is 4.85. The molecule has 18 heavy (non-hydrogen) atoms. The van der Waals surface area contributed by atoms with Gasteiger partial charge in [0, 0.05) is 24.7 Å². The van der Waals surface area contributed by atoms with Gasteiger partial charge in [0.25, 0.3) is 0 Å². The molecule has 2 fully saturated rings. The molecule has 1 N–H and O–H groups in total. The standard InChI is InChI=1S/C16H32N2/c1-13(2)18(12-16-10-7-11-17-16)14(3)15-8-5-4-6-9-15/h13-17H,4-12H2,1-3H3. The molecule has 1 aliphatic heterocycles. The lowest BCUT2D eigenvalue weighted by Gasteiger charge is -2.40. The zero-order valence-electron chi connectivity index (χ0n) is 12.6. The van der Waals surface area contributed by atoms with Gasteiger partial charge >= 0.3 is 0 Å². The first kappa shape index (κ1) is 14.3. The van der Waals surface area contributed by atoms with Crippen LogP contribution in [-0.2, 0) is 0 Å². The van der Waals surface area contributed by atoms with E-state index in [0.29, 0.717) is 6.04 Å². The molecule has 0 aromatic heterocycles. The summed E-state index contributed by atoms with van der Waals surface area (Å²) >= 11 is 0. The second kappa shape index (κ2) is 6.91. The summed E-state index contributed by atoms with van der Waals surface area (Å²) < 4.78 is 0. The Balaban J connectivity index is 1.90. The monoisotopic (exact) mass is 252 g/mol. The zero-order valence-corrected chi connectivity index (χ0v) is 12.6. The molecule has 0 amide bonds. The predicted octanol–water partition coefficient (Wildman–Crippen LogP) is 3.42. The van der Waals surface area contributed by atoms with Gasteiger partial charge in [-0.1, -0.05) is 19.3 Å². The third kappa shape index (κ3) is 3.71. The molecule has 2 heteroatoms. The van der Waals surface area contributed by atoms with Crippen LogP contribution in [0.2, 0.25) is 0 Å². The van der Waals surface area contributed by atoms with E-state index in [9.17, 15) is 0 Å². The molecular weight excluding hydrogens is 220 g/mol. The quantitative estimate of drug-likeness (QED) is 0.806. The minimum atomic E-state index is 0.685. The van der Waals surface area contributed by atoms with Gasteiger partial charge in [0.05, 0.1) is 0 Å². The molecule has 2 unspecified atom stereocenters. The topological polar surface area (TPSA) is 15.3 Å². The first-order valence-electron chi connectivity index (χ1n) is 8.17. The Labute approximate surface area is 114 Å². The van der Waals surface area contributed by atoms with Crippen LogP contribution in [0.25, 0.3) is 0 Å². The molecule has 2 rings (SSSR count). The first-order chi connectivity index (χ1) is 8.68. The van der Waals surface area contributed by atoms with E-state index >= 15 is 0 Å². The summed E-state index contributed by atoms with van der Waals surface area (Å²) in [7, 11) is 0. The Morgan fingerprint density at radius 3 is 2.28 bits per heavy atom. The lowest BCUT2D eigenvalue weighted by atomic mass is 9.83. The molecule has 1 aliphatic carbocycles. The predicted molar refractivity (Wildman–Crippen MR) is 78.9 cm³/mol. The van der Waals surface area contributed by atoms with E-state index in [1.54, 1.807) is 0 Å². The van der Waals surface area contributed by atoms with Crippen molar-refractivity contribution in [1.82, 2.24) is 10.2 Å². The molecule has 1 heterocycles. The van der Waals surface area contributed by atoms with Crippen molar-refractivity contribution in [1.29, 1.82) is 0 Å². The van der Waals surface area contributed by atoms with Gasteiger partial charge in [0.15, 0.2) is 0 Å². The Morgan fingerprint density at radius 1 is 1.00 bits per heavy atom. The smallest absolute Gasteiger partial charge is 0.0195 e. The second-order valence-corrected chi connectivity index (χ2v) is 6.72. The van der Waals surface area contributed by atoms with Gasteiger partial charge in [-0.15, -0.1) is 0 Å². The maximum absolute atomic E-state index is 3.66. The first-order valence-corrected chi connectivity index (χ1v) is 8.17. The summed E-state index contributed by atoms with van der Waals surface area (Å²) in [6.07, 6.45) is 10.1. The normalized spacial score (nSPS) is 28.2. The number of nitrogens with one attached hydrogen (secondary N) is 1. The van der Waals surface area contributed by atoms with Crippen molar-refractivity contribution in [3.05, 3.63) is 0 Å². The van der Waals surface area contributed by atoms with Gasteiger partial charge in [-0.25, -0.2) is 0 Å². The summed E-state index contributed by atoms with van der Waals surface area (Å²) in [6.45, 7) is 9.71. The third-order valence-corrected chi connectivity index (χ3v) is 5.11. The van der Waals surface area contributed by atoms with Crippen LogP contribution in [0.15, 0.2) is 0 Å². The average molecular weight is 252 g/mol. The highest BCUT2D eigenvalue weighted by Gasteiger charge is 2.29. The van der Waals surface area contributed by atoms with E-state index in [2.05, 4.69) is 31.0 Å². The van der Waals surface area contributed by atoms with Gasteiger partial charge in [0.2, 0.25) is 0 Å². The highest BCUT2D eigenvalue weighted by Crippen LogP contribution is 2.30. The molecule has 0 radical (unpaired) electrons. The average Bonchev–Trinajstić information content (AvgIpc) is 2.89. The number of hydrogen-bond donors (Lipinski definition) is 1.